The molecule has 0 atom stereocenters. The standard InChI is InChI=1S/C16H28N4/c1-15(2)19-11-9-17(13-19)7-5-6-8-18-10-12-20(14-18)16(3)4/h9-16H,5-8H2,1-4H3/q+2. The average Bonchev–Trinajstić information content (AvgIpc) is 3.04. The van der Waals surface area contributed by atoms with E-state index in [0.29, 0.717) is 12.1 Å². The fourth-order valence-electron chi connectivity index (χ4n) is 2.29. The maximum Gasteiger partial charge on any atom is 0.243 e. The fourth-order valence-corrected chi connectivity index (χ4v) is 2.29. The Hall–Kier alpha value is -1.58. The van der Waals surface area contributed by atoms with Gasteiger partial charge in [-0.2, -0.15) is 0 Å². The van der Waals surface area contributed by atoms with Crippen LogP contribution in [0.15, 0.2) is 37.4 Å². The maximum atomic E-state index is 2.28. The second-order valence-corrected chi connectivity index (χ2v) is 6.09. The second kappa shape index (κ2) is 6.73. The van der Waals surface area contributed by atoms with Gasteiger partial charge >= 0.3 is 0 Å². The molecular formula is C16H28N4+2. The Labute approximate surface area is 122 Å². The van der Waals surface area contributed by atoms with Crippen molar-refractivity contribution < 1.29 is 9.13 Å². The van der Waals surface area contributed by atoms with Crippen LogP contribution in [0, 0.1) is 0 Å². The van der Waals surface area contributed by atoms with Crippen molar-refractivity contribution in [2.24, 2.45) is 0 Å². The molecule has 0 saturated carbocycles. The SMILES string of the molecule is CC(C)n1cc[n+](CCCC[n+]2ccn(C(C)C)c2)c1. The van der Waals surface area contributed by atoms with Crippen molar-refractivity contribution in [1.82, 2.24) is 9.13 Å². The molecule has 20 heavy (non-hydrogen) atoms. The van der Waals surface area contributed by atoms with Crippen LogP contribution in [0.25, 0.3) is 0 Å². The molecule has 0 aromatic carbocycles. The molecule has 0 bridgehead atoms. The van der Waals surface area contributed by atoms with Crippen LogP contribution in [0.1, 0.15) is 52.6 Å². The third-order valence-corrected chi connectivity index (χ3v) is 3.70. The lowest BCUT2D eigenvalue weighted by Crippen LogP contribution is -2.34. The summed E-state index contributed by atoms with van der Waals surface area (Å²) in [5.74, 6) is 0. The molecule has 110 valence electrons. The van der Waals surface area contributed by atoms with E-state index in [0.717, 1.165) is 13.1 Å². The molecule has 4 heteroatoms. The van der Waals surface area contributed by atoms with E-state index in [1.54, 1.807) is 0 Å². The number of rotatable bonds is 7. The van der Waals surface area contributed by atoms with Crippen molar-refractivity contribution >= 4 is 0 Å². The van der Waals surface area contributed by atoms with Crippen molar-refractivity contribution in [3.63, 3.8) is 0 Å². The summed E-state index contributed by atoms with van der Waals surface area (Å²) in [7, 11) is 0. The molecule has 4 nitrogen and oxygen atoms in total. The van der Waals surface area contributed by atoms with E-state index in [2.05, 4.69) is 83.4 Å². The minimum atomic E-state index is 0.544. The quantitative estimate of drug-likeness (QED) is 0.546. The van der Waals surface area contributed by atoms with Gasteiger partial charge in [-0.25, -0.2) is 18.3 Å². The number of hydrogen-bond donors (Lipinski definition) is 0. The highest BCUT2D eigenvalue weighted by Crippen LogP contribution is 2.02. The Morgan fingerprint density at radius 3 is 1.45 bits per heavy atom. The monoisotopic (exact) mass is 276 g/mol. The summed E-state index contributed by atoms with van der Waals surface area (Å²) < 4.78 is 9.06. The molecule has 2 aromatic heterocycles. The smallest absolute Gasteiger partial charge is 0.237 e. The molecule has 2 rings (SSSR count). The summed E-state index contributed by atoms with van der Waals surface area (Å²) in [6, 6.07) is 1.09. The lowest BCUT2D eigenvalue weighted by molar-refractivity contribution is -0.707. The van der Waals surface area contributed by atoms with Gasteiger partial charge in [0.1, 0.15) is 24.8 Å². The number of hydrogen-bond acceptors (Lipinski definition) is 0. The van der Waals surface area contributed by atoms with Crippen LogP contribution in [0.3, 0.4) is 0 Å². The van der Waals surface area contributed by atoms with Gasteiger partial charge in [-0.15, -0.1) is 0 Å². The van der Waals surface area contributed by atoms with Crippen LogP contribution < -0.4 is 9.13 Å². The Balaban J connectivity index is 1.72. The molecule has 0 saturated heterocycles. The van der Waals surface area contributed by atoms with Crippen molar-refractivity contribution in [2.45, 2.75) is 65.7 Å². The number of aryl methyl sites for hydroxylation is 2. The molecule has 0 aliphatic carbocycles. The molecule has 0 spiro atoms. The summed E-state index contributed by atoms with van der Waals surface area (Å²) in [4.78, 5) is 0. The molecular weight excluding hydrogens is 248 g/mol. The van der Waals surface area contributed by atoms with E-state index in [9.17, 15) is 0 Å². The fraction of sp³-hybridized carbons (Fsp3) is 0.625. The van der Waals surface area contributed by atoms with Gasteiger partial charge in [0.2, 0.25) is 12.7 Å². The van der Waals surface area contributed by atoms with E-state index >= 15 is 0 Å². The highest BCUT2D eigenvalue weighted by atomic mass is 15.1. The van der Waals surface area contributed by atoms with E-state index < -0.39 is 0 Å². The predicted octanol–water partition coefficient (Wildman–Crippen LogP) is 2.51. The molecule has 2 aromatic rings. The van der Waals surface area contributed by atoms with E-state index in [1.807, 2.05) is 0 Å². The number of imidazole rings is 2. The van der Waals surface area contributed by atoms with Gasteiger partial charge in [0.05, 0.1) is 25.2 Å². The van der Waals surface area contributed by atoms with Gasteiger partial charge in [-0.05, 0) is 40.5 Å². The van der Waals surface area contributed by atoms with Gasteiger partial charge in [0.25, 0.3) is 0 Å². The molecule has 0 amide bonds. The van der Waals surface area contributed by atoms with E-state index in [1.165, 1.54) is 12.8 Å². The van der Waals surface area contributed by atoms with Gasteiger partial charge in [0.15, 0.2) is 0 Å². The van der Waals surface area contributed by atoms with Crippen LogP contribution in [-0.2, 0) is 13.1 Å². The average molecular weight is 276 g/mol. The van der Waals surface area contributed by atoms with Gasteiger partial charge in [0, 0.05) is 0 Å². The molecule has 0 unspecified atom stereocenters. The first-order valence-corrected chi connectivity index (χ1v) is 7.69. The summed E-state index contributed by atoms with van der Waals surface area (Å²) in [6.45, 7) is 11.0. The van der Waals surface area contributed by atoms with Crippen LogP contribution in [0.4, 0.5) is 0 Å². The molecule has 2 heterocycles. The van der Waals surface area contributed by atoms with E-state index in [-0.39, 0.29) is 0 Å². The molecule has 0 N–H and O–H groups in total. The number of nitrogens with zero attached hydrogens (tertiary/aromatic N) is 4. The molecule has 0 aliphatic rings. The lowest BCUT2D eigenvalue weighted by atomic mass is 10.3. The minimum absolute atomic E-state index is 0.544. The highest BCUT2D eigenvalue weighted by Gasteiger charge is 2.08. The summed E-state index contributed by atoms with van der Waals surface area (Å²) in [5.41, 5.74) is 0. The van der Waals surface area contributed by atoms with E-state index in [4.69, 9.17) is 0 Å². The third kappa shape index (κ3) is 3.95. The van der Waals surface area contributed by atoms with Crippen molar-refractivity contribution in [1.29, 1.82) is 0 Å². The zero-order chi connectivity index (χ0) is 14.5. The highest BCUT2D eigenvalue weighted by molar-refractivity contribution is 4.70. The lowest BCUT2D eigenvalue weighted by Gasteiger charge is -1.99. The topological polar surface area (TPSA) is 17.6 Å². The Morgan fingerprint density at radius 1 is 0.750 bits per heavy atom. The van der Waals surface area contributed by atoms with Crippen LogP contribution >= 0.6 is 0 Å². The van der Waals surface area contributed by atoms with Crippen LogP contribution in [-0.4, -0.2) is 9.13 Å². The van der Waals surface area contributed by atoms with Crippen molar-refractivity contribution in [3.05, 3.63) is 37.4 Å². The second-order valence-electron chi connectivity index (χ2n) is 6.09. The van der Waals surface area contributed by atoms with Gasteiger partial charge in [-0.3, -0.25) is 0 Å². The first-order valence-electron chi connectivity index (χ1n) is 7.69. The Morgan fingerprint density at radius 2 is 1.15 bits per heavy atom. The third-order valence-electron chi connectivity index (χ3n) is 3.70. The molecule has 0 radical (unpaired) electrons. The summed E-state index contributed by atoms with van der Waals surface area (Å²) in [6.07, 6.45) is 15.5. The zero-order valence-electron chi connectivity index (χ0n) is 13.2. The predicted molar refractivity (Wildman–Crippen MR) is 79.3 cm³/mol. The molecule has 0 aliphatic heterocycles. The Kier molecular flexibility index (Phi) is 4.99. The largest absolute Gasteiger partial charge is 0.243 e. The van der Waals surface area contributed by atoms with Crippen molar-refractivity contribution in [2.75, 3.05) is 0 Å². The summed E-state index contributed by atoms with van der Waals surface area (Å²) >= 11 is 0. The van der Waals surface area contributed by atoms with Crippen molar-refractivity contribution in [3.8, 4) is 0 Å². The zero-order valence-corrected chi connectivity index (χ0v) is 13.2. The molecule has 0 fully saturated rings. The maximum absolute atomic E-state index is 2.28. The first kappa shape index (κ1) is 14.8. The Bertz CT molecular complexity index is 474. The summed E-state index contributed by atoms with van der Waals surface area (Å²) in [5, 5.41) is 0. The van der Waals surface area contributed by atoms with Crippen LogP contribution in [0.2, 0.25) is 0 Å². The number of unbranched alkanes of at least 4 members (excludes halogenated alkanes) is 1. The van der Waals surface area contributed by atoms with Gasteiger partial charge in [-0.1, -0.05) is 0 Å². The minimum Gasteiger partial charge on any atom is -0.237 e. The van der Waals surface area contributed by atoms with Crippen LogP contribution in [0.5, 0.6) is 0 Å². The normalized spacial score (nSPS) is 11.7. The first-order chi connectivity index (χ1) is 9.56. The number of aromatic nitrogens is 4. The van der Waals surface area contributed by atoms with Gasteiger partial charge < -0.3 is 0 Å².